The highest BCUT2D eigenvalue weighted by molar-refractivity contribution is 7.86. The third-order valence-corrected chi connectivity index (χ3v) is 4.53. The minimum atomic E-state index is -4.49. The van der Waals surface area contributed by atoms with E-state index in [1.807, 2.05) is 0 Å². The van der Waals surface area contributed by atoms with Gasteiger partial charge in [-0.2, -0.15) is 16.8 Å². The van der Waals surface area contributed by atoms with E-state index in [2.05, 4.69) is 0 Å². The Bertz CT molecular complexity index is 865. The minimum absolute atomic E-state index is 0.0395. The molecule has 19 heavy (non-hydrogen) atoms. The minimum Gasteiger partial charge on any atom is -0.282 e. The third kappa shape index (κ3) is 2.47. The van der Waals surface area contributed by atoms with E-state index in [1.54, 1.807) is 6.92 Å². The maximum Gasteiger partial charge on any atom is 0.295 e. The average Bonchev–Trinajstić information content (AvgIpc) is 2.25. The topological polar surface area (TPSA) is 109 Å². The van der Waals surface area contributed by atoms with Crippen LogP contribution >= 0.6 is 0 Å². The van der Waals surface area contributed by atoms with Crippen molar-refractivity contribution >= 4 is 31.0 Å². The van der Waals surface area contributed by atoms with Crippen molar-refractivity contribution in [1.82, 2.24) is 0 Å². The molecule has 0 spiro atoms. The molecule has 2 rings (SSSR count). The molecule has 0 atom stereocenters. The molecular weight excluding hydrogens is 292 g/mol. The van der Waals surface area contributed by atoms with Crippen LogP contribution in [0.1, 0.15) is 5.56 Å². The Morgan fingerprint density at radius 3 is 1.95 bits per heavy atom. The van der Waals surface area contributed by atoms with Crippen LogP contribution in [0.3, 0.4) is 0 Å². The van der Waals surface area contributed by atoms with Crippen LogP contribution in [0.15, 0.2) is 40.1 Å². The van der Waals surface area contributed by atoms with Crippen molar-refractivity contribution in [1.29, 1.82) is 0 Å². The van der Waals surface area contributed by atoms with Gasteiger partial charge in [-0.05, 0) is 24.6 Å². The second-order valence-corrected chi connectivity index (χ2v) is 6.79. The van der Waals surface area contributed by atoms with Crippen LogP contribution < -0.4 is 0 Å². The lowest BCUT2D eigenvalue weighted by Crippen LogP contribution is -2.04. The Hall–Kier alpha value is -1.48. The summed E-state index contributed by atoms with van der Waals surface area (Å²) in [5, 5.41) is 0.109. The molecule has 0 aromatic heterocycles. The Labute approximate surface area is 110 Å². The Morgan fingerprint density at radius 1 is 0.842 bits per heavy atom. The second kappa shape index (κ2) is 4.27. The van der Waals surface area contributed by atoms with Gasteiger partial charge in [-0.15, -0.1) is 0 Å². The first-order valence-electron chi connectivity index (χ1n) is 5.09. The Balaban J connectivity index is 3.09. The van der Waals surface area contributed by atoms with E-state index in [1.165, 1.54) is 30.3 Å². The van der Waals surface area contributed by atoms with Gasteiger partial charge in [0.2, 0.25) is 0 Å². The van der Waals surface area contributed by atoms with Gasteiger partial charge in [0, 0.05) is 10.8 Å². The van der Waals surface area contributed by atoms with Crippen LogP contribution in [0.5, 0.6) is 0 Å². The van der Waals surface area contributed by atoms with Gasteiger partial charge < -0.3 is 0 Å². The van der Waals surface area contributed by atoms with Crippen molar-refractivity contribution in [2.24, 2.45) is 0 Å². The summed E-state index contributed by atoms with van der Waals surface area (Å²) in [7, 11) is -8.98. The van der Waals surface area contributed by atoms with E-state index in [4.69, 9.17) is 9.11 Å². The monoisotopic (exact) mass is 302 g/mol. The fourth-order valence-corrected chi connectivity index (χ4v) is 3.42. The highest BCUT2D eigenvalue weighted by Gasteiger charge is 2.20. The maximum atomic E-state index is 11.3. The van der Waals surface area contributed by atoms with E-state index in [0.717, 1.165) is 0 Å². The number of aryl methyl sites for hydroxylation is 1. The highest BCUT2D eigenvalue weighted by Crippen LogP contribution is 2.30. The Morgan fingerprint density at radius 2 is 1.42 bits per heavy atom. The fraction of sp³-hybridized carbons (Fsp3) is 0.0909. The molecule has 0 saturated heterocycles. The van der Waals surface area contributed by atoms with Crippen LogP contribution in [0.25, 0.3) is 10.8 Å². The smallest absolute Gasteiger partial charge is 0.282 e. The standard InChI is InChI=1S/C11H10O6S2/c1-7-5-6-9(18(12,13)14)8-3-2-4-10(11(7)8)19(15,16)17/h2-6H,1H3,(H,12,13,14)(H,15,16,17). The normalized spacial score (nSPS) is 12.8. The molecule has 0 aliphatic rings. The van der Waals surface area contributed by atoms with Gasteiger partial charge in [-0.3, -0.25) is 9.11 Å². The van der Waals surface area contributed by atoms with Gasteiger partial charge in [0.25, 0.3) is 20.2 Å². The molecule has 102 valence electrons. The van der Waals surface area contributed by atoms with Gasteiger partial charge in [-0.1, -0.05) is 18.2 Å². The molecule has 0 unspecified atom stereocenters. The summed E-state index contributed by atoms with van der Waals surface area (Å²) in [6.07, 6.45) is 0. The van der Waals surface area contributed by atoms with Gasteiger partial charge in [-0.25, -0.2) is 0 Å². The quantitative estimate of drug-likeness (QED) is 0.816. The molecule has 2 aromatic carbocycles. The number of rotatable bonds is 2. The summed E-state index contributed by atoms with van der Waals surface area (Å²) in [6.45, 7) is 1.57. The van der Waals surface area contributed by atoms with Crippen LogP contribution in [0.4, 0.5) is 0 Å². The maximum absolute atomic E-state index is 11.3. The highest BCUT2D eigenvalue weighted by atomic mass is 32.2. The van der Waals surface area contributed by atoms with Crippen molar-refractivity contribution in [3.05, 3.63) is 35.9 Å². The molecule has 8 heteroatoms. The molecule has 0 fully saturated rings. The molecule has 2 aromatic rings. The van der Waals surface area contributed by atoms with Crippen molar-refractivity contribution in [3.63, 3.8) is 0 Å². The number of benzene rings is 2. The Kier molecular flexibility index (Phi) is 3.13. The lowest BCUT2D eigenvalue weighted by molar-refractivity contribution is 0.481. The summed E-state index contributed by atoms with van der Waals surface area (Å²) in [5.41, 5.74) is 0.468. The fourth-order valence-electron chi connectivity index (χ4n) is 1.96. The zero-order valence-corrected chi connectivity index (χ0v) is 11.4. The molecule has 0 heterocycles. The SMILES string of the molecule is Cc1ccc(S(=O)(=O)O)c2cccc(S(=O)(=O)O)c12. The predicted molar refractivity (Wildman–Crippen MR) is 68.3 cm³/mol. The van der Waals surface area contributed by atoms with Crippen molar-refractivity contribution in [2.75, 3.05) is 0 Å². The van der Waals surface area contributed by atoms with Crippen LogP contribution in [-0.4, -0.2) is 25.9 Å². The number of hydrogen-bond donors (Lipinski definition) is 2. The third-order valence-electron chi connectivity index (χ3n) is 2.73. The molecule has 0 saturated carbocycles. The van der Waals surface area contributed by atoms with Gasteiger partial charge in [0.05, 0.1) is 0 Å². The summed E-state index contributed by atoms with van der Waals surface area (Å²) in [5.74, 6) is 0. The average molecular weight is 302 g/mol. The van der Waals surface area contributed by atoms with Crippen LogP contribution in [-0.2, 0) is 20.2 Å². The second-order valence-electron chi connectivity index (χ2n) is 4.01. The number of fused-ring (bicyclic) bond motifs is 1. The summed E-state index contributed by atoms with van der Waals surface area (Å²) >= 11 is 0. The van der Waals surface area contributed by atoms with E-state index < -0.39 is 30.0 Å². The largest absolute Gasteiger partial charge is 0.295 e. The van der Waals surface area contributed by atoms with Gasteiger partial charge >= 0.3 is 0 Å². The predicted octanol–water partition coefficient (Wildman–Crippen LogP) is 1.64. The van der Waals surface area contributed by atoms with E-state index in [0.29, 0.717) is 5.56 Å². The first-order chi connectivity index (χ1) is 8.62. The first kappa shape index (κ1) is 13.9. The molecule has 0 aliphatic heterocycles. The first-order valence-corrected chi connectivity index (χ1v) is 7.97. The molecule has 0 bridgehead atoms. The molecule has 0 amide bonds. The summed E-state index contributed by atoms with van der Waals surface area (Å²) in [4.78, 5) is -0.799. The van der Waals surface area contributed by atoms with Crippen LogP contribution in [0, 0.1) is 6.92 Å². The number of hydrogen-bond acceptors (Lipinski definition) is 4. The molecule has 2 N–H and O–H groups in total. The zero-order valence-electron chi connectivity index (χ0n) is 9.73. The van der Waals surface area contributed by atoms with Gasteiger partial charge in [0.15, 0.2) is 0 Å². The molecule has 0 aliphatic carbocycles. The zero-order chi connectivity index (χ0) is 14.4. The van der Waals surface area contributed by atoms with Crippen molar-refractivity contribution in [2.45, 2.75) is 16.7 Å². The molecule has 6 nitrogen and oxygen atoms in total. The van der Waals surface area contributed by atoms with E-state index >= 15 is 0 Å². The van der Waals surface area contributed by atoms with E-state index in [-0.39, 0.29) is 10.8 Å². The summed E-state index contributed by atoms with van der Waals surface area (Å²) in [6, 6.07) is 6.36. The lowest BCUT2D eigenvalue weighted by atomic mass is 10.1. The van der Waals surface area contributed by atoms with Crippen molar-refractivity contribution in [3.8, 4) is 0 Å². The molecular formula is C11H10O6S2. The summed E-state index contributed by atoms with van der Waals surface area (Å²) < 4.78 is 63.4. The van der Waals surface area contributed by atoms with Crippen molar-refractivity contribution < 1.29 is 25.9 Å². The lowest BCUT2D eigenvalue weighted by Gasteiger charge is -2.09. The van der Waals surface area contributed by atoms with Crippen LogP contribution in [0.2, 0.25) is 0 Å². The van der Waals surface area contributed by atoms with E-state index in [9.17, 15) is 16.8 Å². The molecule has 0 radical (unpaired) electrons. The van der Waals surface area contributed by atoms with Gasteiger partial charge in [0.1, 0.15) is 9.79 Å².